The van der Waals surface area contributed by atoms with Crippen LogP contribution in [0.25, 0.3) is 10.9 Å². The molecule has 0 fully saturated rings. The number of para-hydroxylation sites is 1. The smallest absolute Gasteiger partial charge is 0.322 e. The Hall–Kier alpha value is -2.11. The summed E-state index contributed by atoms with van der Waals surface area (Å²) in [4.78, 5) is 8.07. The lowest BCUT2D eigenvalue weighted by atomic mass is 10.2. The van der Waals surface area contributed by atoms with Gasteiger partial charge in [0.25, 0.3) is 0 Å². The Bertz CT molecular complexity index is 814. The maximum absolute atomic E-state index is 6.19. The number of benzene rings is 1. The first-order chi connectivity index (χ1) is 10.7. The van der Waals surface area contributed by atoms with Crippen LogP contribution in [-0.2, 0) is 6.54 Å². The zero-order valence-electron chi connectivity index (χ0n) is 11.5. The second-order valence-corrected chi connectivity index (χ2v) is 5.32. The van der Waals surface area contributed by atoms with Crippen molar-refractivity contribution in [1.82, 2.24) is 19.7 Å². The second kappa shape index (κ2) is 6.34. The van der Waals surface area contributed by atoms with E-state index in [1.165, 1.54) is 12.4 Å². The monoisotopic (exact) mass is 334 g/mol. The number of hydrogen-bond acceptors (Lipinski definition) is 4. The minimum Gasteiger partial charge on any atom is -0.422 e. The van der Waals surface area contributed by atoms with E-state index in [4.69, 9.17) is 27.9 Å². The van der Waals surface area contributed by atoms with E-state index >= 15 is 0 Å². The zero-order valence-corrected chi connectivity index (χ0v) is 13.1. The van der Waals surface area contributed by atoms with Crippen molar-refractivity contribution in [3.63, 3.8) is 0 Å². The fourth-order valence-corrected chi connectivity index (χ4v) is 2.42. The number of halogens is 2. The van der Waals surface area contributed by atoms with Crippen molar-refractivity contribution in [2.75, 3.05) is 0 Å². The lowest BCUT2D eigenvalue weighted by Gasteiger charge is -2.07. The Morgan fingerprint density at radius 1 is 1.23 bits per heavy atom. The number of hydrogen-bond donors (Lipinski definition) is 0. The van der Waals surface area contributed by atoms with Gasteiger partial charge in [-0.1, -0.05) is 35.3 Å². The van der Waals surface area contributed by atoms with Crippen LogP contribution in [0.1, 0.15) is 6.42 Å². The standard InChI is InChI=1S/C15H12Cl2N4O/c1-2-3-7-21-13-11(14(17)20-21)5-4-6-12(13)22-15-18-8-10(16)9-19-15/h2,4-6,8-9H,1,3,7H2. The highest BCUT2D eigenvalue weighted by molar-refractivity contribution is 6.34. The molecule has 1 aromatic carbocycles. The van der Waals surface area contributed by atoms with Crippen molar-refractivity contribution in [2.24, 2.45) is 0 Å². The van der Waals surface area contributed by atoms with E-state index in [1.807, 2.05) is 24.3 Å². The van der Waals surface area contributed by atoms with Gasteiger partial charge in [0.1, 0.15) is 5.52 Å². The predicted molar refractivity (Wildman–Crippen MR) is 86.7 cm³/mol. The van der Waals surface area contributed by atoms with Crippen LogP contribution in [0.2, 0.25) is 10.2 Å². The van der Waals surface area contributed by atoms with Gasteiger partial charge < -0.3 is 4.74 Å². The van der Waals surface area contributed by atoms with Crippen molar-refractivity contribution >= 4 is 34.1 Å². The molecule has 3 rings (SSSR count). The number of aromatic nitrogens is 4. The van der Waals surface area contributed by atoms with E-state index in [1.54, 1.807) is 4.68 Å². The molecule has 0 atom stereocenters. The molecule has 112 valence electrons. The van der Waals surface area contributed by atoms with Gasteiger partial charge in [-0.05, 0) is 18.6 Å². The summed E-state index contributed by atoms with van der Waals surface area (Å²) in [6, 6.07) is 5.77. The summed E-state index contributed by atoms with van der Waals surface area (Å²) in [6.45, 7) is 4.38. The third-order valence-electron chi connectivity index (χ3n) is 3.03. The number of allylic oxidation sites excluding steroid dienone is 1. The fourth-order valence-electron chi connectivity index (χ4n) is 2.07. The average Bonchev–Trinajstić information content (AvgIpc) is 2.85. The molecule has 0 aliphatic carbocycles. The van der Waals surface area contributed by atoms with Crippen LogP contribution in [-0.4, -0.2) is 19.7 Å². The molecule has 0 spiro atoms. The van der Waals surface area contributed by atoms with Gasteiger partial charge in [-0.15, -0.1) is 6.58 Å². The van der Waals surface area contributed by atoms with Crippen molar-refractivity contribution in [3.05, 3.63) is 53.4 Å². The quantitative estimate of drug-likeness (QED) is 0.644. The van der Waals surface area contributed by atoms with Crippen LogP contribution in [0.3, 0.4) is 0 Å². The van der Waals surface area contributed by atoms with Crippen molar-refractivity contribution < 1.29 is 4.74 Å². The van der Waals surface area contributed by atoms with Crippen molar-refractivity contribution in [1.29, 1.82) is 0 Å². The molecule has 22 heavy (non-hydrogen) atoms. The maximum atomic E-state index is 6.19. The first-order valence-electron chi connectivity index (χ1n) is 6.60. The lowest BCUT2D eigenvalue weighted by Crippen LogP contribution is -2.01. The summed E-state index contributed by atoms with van der Waals surface area (Å²) < 4.78 is 7.55. The largest absolute Gasteiger partial charge is 0.422 e. The SMILES string of the molecule is C=CCCn1nc(Cl)c2cccc(Oc3ncc(Cl)cn3)c21. The topological polar surface area (TPSA) is 52.8 Å². The van der Waals surface area contributed by atoms with Gasteiger partial charge in [0.05, 0.1) is 17.4 Å². The first kappa shape index (κ1) is 14.8. The molecule has 0 aliphatic heterocycles. The Morgan fingerprint density at radius 3 is 2.73 bits per heavy atom. The van der Waals surface area contributed by atoms with E-state index in [9.17, 15) is 0 Å². The molecule has 0 N–H and O–H groups in total. The summed E-state index contributed by atoms with van der Waals surface area (Å²) in [7, 11) is 0. The summed E-state index contributed by atoms with van der Waals surface area (Å²) in [5, 5.41) is 6.03. The molecular formula is C15H12Cl2N4O. The van der Waals surface area contributed by atoms with E-state index in [0.717, 1.165) is 17.3 Å². The number of rotatable bonds is 5. The summed E-state index contributed by atoms with van der Waals surface area (Å²) in [6.07, 6.45) is 5.56. The van der Waals surface area contributed by atoms with E-state index < -0.39 is 0 Å². The second-order valence-electron chi connectivity index (χ2n) is 4.53. The summed E-state index contributed by atoms with van der Waals surface area (Å²) in [5.41, 5.74) is 0.799. The molecule has 7 heteroatoms. The first-order valence-corrected chi connectivity index (χ1v) is 7.36. The number of aryl methyl sites for hydroxylation is 1. The van der Waals surface area contributed by atoms with E-state index in [2.05, 4.69) is 21.6 Å². The Labute approximate surface area is 137 Å². The number of nitrogens with zero attached hydrogens (tertiary/aromatic N) is 4. The normalized spacial score (nSPS) is 10.8. The summed E-state index contributed by atoms with van der Waals surface area (Å²) in [5.74, 6) is 0.586. The van der Waals surface area contributed by atoms with Crippen LogP contribution in [0.4, 0.5) is 0 Å². The highest BCUT2D eigenvalue weighted by atomic mass is 35.5. The van der Waals surface area contributed by atoms with Gasteiger partial charge in [0.15, 0.2) is 10.9 Å². The maximum Gasteiger partial charge on any atom is 0.322 e. The third kappa shape index (κ3) is 2.91. The Balaban J connectivity index is 2.04. The lowest BCUT2D eigenvalue weighted by molar-refractivity contribution is 0.442. The molecule has 0 aliphatic rings. The van der Waals surface area contributed by atoms with Crippen LogP contribution in [0, 0.1) is 0 Å². The molecule has 2 heterocycles. The van der Waals surface area contributed by atoms with Gasteiger partial charge >= 0.3 is 6.01 Å². The molecule has 0 saturated carbocycles. The zero-order chi connectivity index (χ0) is 15.5. The minimum atomic E-state index is 0.212. The van der Waals surface area contributed by atoms with Crippen LogP contribution in [0.5, 0.6) is 11.8 Å². The molecule has 5 nitrogen and oxygen atoms in total. The molecule has 2 aromatic heterocycles. The average molecular weight is 335 g/mol. The highest BCUT2D eigenvalue weighted by Crippen LogP contribution is 2.32. The Morgan fingerprint density at radius 2 is 2.00 bits per heavy atom. The van der Waals surface area contributed by atoms with E-state index in [-0.39, 0.29) is 6.01 Å². The van der Waals surface area contributed by atoms with Gasteiger partial charge in [0, 0.05) is 11.9 Å². The molecule has 0 bridgehead atoms. The Kier molecular flexibility index (Phi) is 4.27. The van der Waals surface area contributed by atoms with Gasteiger partial charge in [-0.25, -0.2) is 9.97 Å². The molecule has 0 amide bonds. The van der Waals surface area contributed by atoms with Crippen LogP contribution in [0.15, 0.2) is 43.2 Å². The molecule has 0 saturated heterocycles. The summed E-state index contributed by atoms with van der Waals surface area (Å²) >= 11 is 12.0. The molecule has 3 aromatic rings. The number of fused-ring (bicyclic) bond motifs is 1. The van der Waals surface area contributed by atoms with Crippen molar-refractivity contribution in [3.8, 4) is 11.8 Å². The minimum absolute atomic E-state index is 0.212. The van der Waals surface area contributed by atoms with Crippen LogP contribution < -0.4 is 4.74 Å². The van der Waals surface area contributed by atoms with Gasteiger partial charge in [0.2, 0.25) is 0 Å². The van der Waals surface area contributed by atoms with Crippen LogP contribution >= 0.6 is 23.2 Å². The van der Waals surface area contributed by atoms with Gasteiger partial charge in [-0.3, -0.25) is 4.68 Å². The predicted octanol–water partition coefficient (Wildman–Crippen LogP) is 4.50. The highest BCUT2D eigenvalue weighted by Gasteiger charge is 2.14. The van der Waals surface area contributed by atoms with Gasteiger partial charge in [-0.2, -0.15) is 5.10 Å². The van der Waals surface area contributed by atoms with E-state index in [0.29, 0.717) is 22.5 Å². The molecular weight excluding hydrogens is 323 g/mol. The third-order valence-corrected chi connectivity index (χ3v) is 3.51. The number of ether oxygens (including phenoxy) is 1. The van der Waals surface area contributed by atoms with Crippen molar-refractivity contribution in [2.45, 2.75) is 13.0 Å². The fraction of sp³-hybridized carbons (Fsp3) is 0.133. The molecule has 0 unspecified atom stereocenters. The molecule has 0 radical (unpaired) electrons.